The molecule has 266 valence electrons. The van der Waals surface area contributed by atoms with Crippen LogP contribution in [0.2, 0.25) is 0 Å². The number of aromatic amines is 1. The van der Waals surface area contributed by atoms with Crippen LogP contribution >= 0.6 is 22.7 Å². The molecule has 1 unspecified atom stereocenters. The molecule has 2 aliphatic rings. The normalized spacial score (nSPS) is 17.7. The van der Waals surface area contributed by atoms with Crippen molar-refractivity contribution < 1.29 is 34.2 Å². The third kappa shape index (κ3) is 10.5. The number of carboxylic acid groups (broad SMARTS) is 1. The number of fused-ring (bicyclic) bond motifs is 1. The molecule has 1 aromatic carbocycles. The summed E-state index contributed by atoms with van der Waals surface area (Å²) in [5.41, 5.74) is 1.23. The number of phenolic OH excluding ortho intramolecular Hbond substituents is 1. The Morgan fingerprint density at radius 3 is 2.67 bits per heavy atom. The summed E-state index contributed by atoms with van der Waals surface area (Å²) in [4.78, 5) is 44.4. The van der Waals surface area contributed by atoms with Crippen LogP contribution in [-0.4, -0.2) is 122 Å². The lowest BCUT2D eigenvalue weighted by Crippen LogP contribution is -2.58. The second-order valence-electron chi connectivity index (χ2n) is 12.5. The summed E-state index contributed by atoms with van der Waals surface area (Å²) in [6.07, 6.45) is 3.57. The lowest BCUT2D eigenvalue weighted by molar-refractivity contribution is -0.127. The number of phenols is 1. The lowest BCUT2D eigenvalue weighted by atomic mass is 9.89. The van der Waals surface area contributed by atoms with Gasteiger partial charge in [0.2, 0.25) is 0 Å². The number of hydrogen-bond acceptors (Lipinski definition) is 12. The SMILES string of the molecule is CC(C)c1nc(C(=O)N2CCOC3(CCN(CCC[S+]([O-])CCCCNC[C@H](O)c4ccc(O)c5[nH]c(=O)sc45)CC3)C2)cs1.O=CO. The molecule has 5 rings (SSSR count). The predicted octanol–water partition coefficient (Wildman–Crippen LogP) is 3.13. The summed E-state index contributed by atoms with van der Waals surface area (Å²) in [7, 11) is 0. The van der Waals surface area contributed by atoms with Crippen molar-refractivity contribution in [2.75, 3.05) is 63.9 Å². The molecule has 0 aliphatic carbocycles. The number of aliphatic hydroxyl groups is 1. The summed E-state index contributed by atoms with van der Waals surface area (Å²) < 4.78 is 19.4. The van der Waals surface area contributed by atoms with Crippen LogP contribution in [0.1, 0.15) is 79.0 Å². The van der Waals surface area contributed by atoms with Crippen LogP contribution in [0.25, 0.3) is 10.2 Å². The third-order valence-corrected chi connectivity index (χ3v) is 12.2. The third-order valence-electron chi connectivity index (χ3n) is 8.64. The minimum Gasteiger partial charge on any atom is -0.616 e. The van der Waals surface area contributed by atoms with Gasteiger partial charge in [-0.15, -0.1) is 11.3 Å². The molecule has 16 heteroatoms. The number of H-pyrrole nitrogens is 1. The number of unbranched alkanes of at least 4 members (excludes halogenated alkanes) is 1. The number of ether oxygens (including phenoxy) is 1. The number of hydrogen-bond donors (Lipinski definition) is 5. The summed E-state index contributed by atoms with van der Waals surface area (Å²) in [6, 6.07) is 3.13. The highest BCUT2D eigenvalue weighted by Gasteiger charge is 2.41. The molecular formula is C32H47N5O8S3. The number of morpholine rings is 1. The van der Waals surface area contributed by atoms with E-state index in [1.54, 1.807) is 17.4 Å². The zero-order valence-electron chi connectivity index (χ0n) is 27.5. The molecule has 0 radical (unpaired) electrons. The molecule has 1 amide bonds. The number of aromatic nitrogens is 2. The summed E-state index contributed by atoms with van der Waals surface area (Å²) in [5.74, 6) is 1.67. The van der Waals surface area contributed by atoms with Crippen LogP contribution in [0.5, 0.6) is 5.75 Å². The molecule has 2 aromatic heterocycles. The minimum absolute atomic E-state index is 0.00625. The maximum atomic E-state index is 13.1. The number of rotatable bonds is 14. The molecule has 2 fully saturated rings. The molecule has 2 atom stereocenters. The molecule has 0 bridgehead atoms. The number of benzene rings is 1. The molecule has 1 spiro atoms. The van der Waals surface area contributed by atoms with Crippen molar-refractivity contribution in [3.05, 3.63) is 43.4 Å². The molecule has 5 N–H and O–H groups in total. The van der Waals surface area contributed by atoms with Crippen molar-refractivity contribution in [3.8, 4) is 5.75 Å². The summed E-state index contributed by atoms with van der Waals surface area (Å²) in [5, 5.41) is 33.5. The fraction of sp³-hybridized carbons (Fsp3) is 0.625. The van der Waals surface area contributed by atoms with Crippen molar-refractivity contribution in [2.45, 2.75) is 63.6 Å². The Bertz CT molecular complexity index is 1520. The van der Waals surface area contributed by atoms with Crippen molar-refractivity contribution in [1.82, 2.24) is 25.1 Å². The van der Waals surface area contributed by atoms with Gasteiger partial charge in [0, 0.05) is 56.0 Å². The van der Waals surface area contributed by atoms with E-state index in [0.717, 1.165) is 68.1 Å². The fourth-order valence-corrected chi connectivity index (χ4v) is 8.94. The number of amides is 1. The van der Waals surface area contributed by atoms with E-state index in [9.17, 15) is 24.4 Å². The minimum atomic E-state index is -0.858. The Hall–Kier alpha value is -2.57. The summed E-state index contributed by atoms with van der Waals surface area (Å²) >= 11 is 1.67. The van der Waals surface area contributed by atoms with Crippen LogP contribution in [0.15, 0.2) is 22.3 Å². The molecular weight excluding hydrogens is 679 g/mol. The number of likely N-dealkylation sites (tertiary alicyclic amines) is 1. The van der Waals surface area contributed by atoms with Gasteiger partial charge in [0.15, 0.2) is 0 Å². The quantitative estimate of drug-likeness (QED) is 0.0933. The number of carbonyl (C=O) groups is 2. The Kier molecular flexibility index (Phi) is 14.7. The molecule has 48 heavy (non-hydrogen) atoms. The van der Waals surface area contributed by atoms with E-state index in [0.29, 0.717) is 71.7 Å². The van der Waals surface area contributed by atoms with Gasteiger partial charge in [-0.05, 0) is 38.3 Å². The van der Waals surface area contributed by atoms with E-state index >= 15 is 0 Å². The van der Waals surface area contributed by atoms with Gasteiger partial charge in [0.25, 0.3) is 12.4 Å². The van der Waals surface area contributed by atoms with Gasteiger partial charge in [-0.2, -0.15) is 0 Å². The number of carbonyl (C=O) groups excluding carboxylic acids is 1. The van der Waals surface area contributed by atoms with Crippen molar-refractivity contribution in [2.24, 2.45) is 0 Å². The van der Waals surface area contributed by atoms with Gasteiger partial charge in [-0.25, -0.2) is 4.98 Å². The van der Waals surface area contributed by atoms with Crippen LogP contribution in [-0.2, 0) is 20.7 Å². The molecule has 3 aromatic rings. The van der Waals surface area contributed by atoms with Crippen LogP contribution in [0, 0.1) is 0 Å². The zero-order valence-corrected chi connectivity index (χ0v) is 30.0. The fourth-order valence-electron chi connectivity index (χ4n) is 6.03. The number of piperidine rings is 1. The second kappa shape index (κ2) is 18.4. The Morgan fingerprint density at radius 1 is 1.23 bits per heavy atom. The number of aromatic hydroxyl groups is 1. The topological polar surface area (TPSA) is 191 Å². The molecule has 2 saturated heterocycles. The Labute approximate surface area is 291 Å². The lowest BCUT2D eigenvalue weighted by Gasteiger charge is -2.47. The van der Waals surface area contributed by atoms with Crippen molar-refractivity contribution in [1.29, 1.82) is 0 Å². The van der Waals surface area contributed by atoms with Gasteiger partial charge in [0.05, 0.1) is 34.6 Å². The smallest absolute Gasteiger partial charge is 0.305 e. The van der Waals surface area contributed by atoms with Crippen molar-refractivity contribution >= 4 is 56.4 Å². The van der Waals surface area contributed by atoms with E-state index < -0.39 is 17.3 Å². The highest BCUT2D eigenvalue weighted by atomic mass is 32.2. The molecule has 0 saturated carbocycles. The van der Waals surface area contributed by atoms with Crippen molar-refractivity contribution in [3.63, 3.8) is 0 Å². The highest BCUT2D eigenvalue weighted by Crippen LogP contribution is 2.32. The molecule has 13 nitrogen and oxygen atoms in total. The largest absolute Gasteiger partial charge is 0.616 e. The Balaban J connectivity index is 0.00000167. The monoisotopic (exact) mass is 725 g/mol. The number of aliphatic hydroxyl groups excluding tert-OH is 1. The number of thiazole rings is 2. The zero-order chi connectivity index (χ0) is 34.7. The van der Waals surface area contributed by atoms with E-state index in [2.05, 4.69) is 34.0 Å². The van der Waals surface area contributed by atoms with E-state index in [4.69, 9.17) is 14.6 Å². The number of nitrogens with zero attached hydrogens (tertiary/aromatic N) is 3. The van der Waals surface area contributed by atoms with Crippen LogP contribution < -0.4 is 10.2 Å². The Morgan fingerprint density at radius 2 is 1.96 bits per heavy atom. The second-order valence-corrected chi connectivity index (χ2v) is 16.0. The first-order valence-corrected chi connectivity index (χ1v) is 19.5. The number of nitrogens with one attached hydrogen (secondary N) is 2. The first-order chi connectivity index (χ1) is 23.1. The van der Waals surface area contributed by atoms with Gasteiger partial charge in [-0.1, -0.05) is 42.4 Å². The van der Waals surface area contributed by atoms with Crippen LogP contribution in [0.3, 0.4) is 0 Å². The maximum absolute atomic E-state index is 13.1. The molecule has 2 aliphatic heterocycles. The summed E-state index contributed by atoms with van der Waals surface area (Å²) in [6.45, 7) is 9.48. The van der Waals surface area contributed by atoms with Gasteiger partial charge in [0.1, 0.15) is 28.5 Å². The average molecular weight is 726 g/mol. The standard InChI is InChI=1S/C31H45N5O6S3.CH2O2/c1-21(2)28-33-23(19-43-28)29(39)36-14-15-42-31(20-36)8-12-35(13-9-31)11-5-17-45(41)16-4-3-10-32-18-25(38)22-6-7-24(37)26-27(22)44-30(40)34-26;2-1-3/h6-7,19,21,25,32,37-38H,3-5,8-18,20H2,1-2H3,(H,34,40);1H,(H,2,3)/t25-,45?;/m0./s1. The van der Waals surface area contributed by atoms with Gasteiger partial charge < -0.3 is 44.7 Å². The molecule has 4 heterocycles. The first kappa shape index (κ1) is 38.2. The van der Waals surface area contributed by atoms with E-state index in [1.165, 1.54) is 6.07 Å². The first-order valence-electron chi connectivity index (χ1n) is 16.3. The van der Waals surface area contributed by atoms with Gasteiger partial charge >= 0.3 is 4.87 Å². The predicted molar refractivity (Wildman–Crippen MR) is 189 cm³/mol. The van der Waals surface area contributed by atoms with E-state index in [-0.39, 0.29) is 28.6 Å². The maximum Gasteiger partial charge on any atom is 0.305 e. The van der Waals surface area contributed by atoms with Crippen LogP contribution in [0.4, 0.5) is 0 Å². The van der Waals surface area contributed by atoms with Gasteiger partial charge in [-0.3, -0.25) is 14.4 Å². The average Bonchev–Trinajstić information content (AvgIpc) is 3.72. The van der Waals surface area contributed by atoms with E-state index in [1.807, 2.05) is 10.3 Å². The highest BCUT2D eigenvalue weighted by molar-refractivity contribution is 7.91.